The standard InChI is InChI=1S/C17H18N4OS/c1-21-7-5-14-15(10-21)23-17(19-14)20-16(22)9-11-2-3-13-12(8-11)4-6-18-13/h2-4,6,8,18H,5,7,9-10H2,1H3,(H,19,20,22). The predicted molar refractivity (Wildman–Crippen MR) is 92.8 cm³/mol. The number of H-pyrrole nitrogens is 1. The first-order valence-corrected chi connectivity index (χ1v) is 8.52. The number of fused-ring (bicyclic) bond motifs is 2. The summed E-state index contributed by atoms with van der Waals surface area (Å²) in [6.07, 6.45) is 3.24. The molecule has 0 saturated carbocycles. The smallest absolute Gasteiger partial charge is 0.230 e. The summed E-state index contributed by atoms with van der Waals surface area (Å²) in [5.74, 6) is -0.0145. The maximum Gasteiger partial charge on any atom is 0.230 e. The number of carbonyl (C=O) groups is 1. The van der Waals surface area contributed by atoms with Crippen LogP contribution in [0.15, 0.2) is 30.5 Å². The second-order valence-corrected chi connectivity index (χ2v) is 7.08. The van der Waals surface area contributed by atoms with Gasteiger partial charge in [-0.25, -0.2) is 4.98 Å². The molecule has 4 rings (SSSR count). The summed E-state index contributed by atoms with van der Waals surface area (Å²) >= 11 is 1.59. The average Bonchev–Trinajstić information content (AvgIpc) is 3.11. The summed E-state index contributed by atoms with van der Waals surface area (Å²) < 4.78 is 0. The van der Waals surface area contributed by atoms with Gasteiger partial charge in [0.05, 0.1) is 12.1 Å². The van der Waals surface area contributed by atoms with Crippen LogP contribution in [0.2, 0.25) is 0 Å². The number of rotatable bonds is 3. The normalized spacial score (nSPS) is 14.8. The molecule has 0 atom stereocenters. The number of hydrogen-bond donors (Lipinski definition) is 2. The van der Waals surface area contributed by atoms with Crippen LogP contribution in [0.4, 0.5) is 5.13 Å². The number of aromatic nitrogens is 2. The number of likely N-dealkylation sites (N-methyl/N-ethyl adjacent to an activating group) is 1. The number of nitrogens with zero attached hydrogens (tertiary/aromatic N) is 2. The van der Waals surface area contributed by atoms with Crippen molar-refractivity contribution in [3.05, 3.63) is 46.6 Å². The van der Waals surface area contributed by atoms with E-state index in [1.807, 2.05) is 30.5 Å². The molecule has 1 aliphatic rings. The topological polar surface area (TPSA) is 61.0 Å². The van der Waals surface area contributed by atoms with Crippen LogP contribution < -0.4 is 5.32 Å². The Kier molecular flexibility index (Phi) is 3.63. The summed E-state index contributed by atoms with van der Waals surface area (Å²) in [6, 6.07) is 8.06. The van der Waals surface area contributed by atoms with Gasteiger partial charge in [-0.3, -0.25) is 4.79 Å². The number of aromatic amines is 1. The summed E-state index contributed by atoms with van der Waals surface area (Å²) in [5.41, 5.74) is 3.23. The molecule has 0 radical (unpaired) electrons. The van der Waals surface area contributed by atoms with Crippen LogP contribution in [0.25, 0.3) is 10.9 Å². The van der Waals surface area contributed by atoms with E-state index in [4.69, 9.17) is 0 Å². The Bertz CT molecular complexity index is 866. The van der Waals surface area contributed by atoms with Crippen molar-refractivity contribution < 1.29 is 4.79 Å². The fraction of sp³-hybridized carbons (Fsp3) is 0.294. The van der Waals surface area contributed by atoms with Crippen LogP contribution in [0, 0.1) is 0 Å². The molecule has 2 N–H and O–H groups in total. The molecule has 2 aromatic heterocycles. The Labute approximate surface area is 138 Å². The first-order chi connectivity index (χ1) is 11.2. The van der Waals surface area contributed by atoms with Crippen molar-refractivity contribution in [1.82, 2.24) is 14.9 Å². The van der Waals surface area contributed by atoms with Crippen LogP contribution in [0.1, 0.15) is 16.1 Å². The molecule has 0 unspecified atom stereocenters. The third kappa shape index (κ3) is 3.00. The van der Waals surface area contributed by atoms with E-state index in [0.717, 1.165) is 46.8 Å². The van der Waals surface area contributed by atoms with E-state index in [1.165, 1.54) is 4.88 Å². The molecule has 0 spiro atoms. The highest BCUT2D eigenvalue weighted by Gasteiger charge is 2.19. The highest BCUT2D eigenvalue weighted by Crippen LogP contribution is 2.27. The van der Waals surface area contributed by atoms with E-state index >= 15 is 0 Å². The third-order valence-corrected chi connectivity index (χ3v) is 5.15. The van der Waals surface area contributed by atoms with Crippen LogP contribution in [-0.2, 0) is 24.2 Å². The van der Waals surface area contributed by atoms with Gasteiger partial charge in [0.1, 0.15) is 0 Å². The molecule has 0 fully saturated rings. The Morgan fingerprint density at radius 2 is 2.35 bits per heavy atom. The Balaban J connectivity index is 1.45. The van der Waals surface area contributed by atoms with Crippen LogP contribution in [0.3, 0.4) is 0 Å². The zero-order valence-corrected chi connectivity index (χ0v) is 13.7. The lowest BCUT2D eigenvalue weighted by molar-refractivity contribution is -0.115. The average molecular weight is 326 g/mol. The van der Waals surface area contributed by atoms with Crippen molar-refractivity contribution in [2.24, 2.45) is 0 Å². The van der Waals surface area contributed by atoms with Crippen molar-refractivity contribution in [2.75, 3.05) is 18.9 Å². The molecule has 0 bridgehead atoms. The Morgan fingerprint density at radius 3 is 3.26 bits per heavy atom. The number of thiazole rings is 1. The first kappa shape index (κ1) is 14.4. The van der Waals surface area contributed by atoms with E-state index in [-0.39, 0.29) is 5.91 Å². The van der Waals surface area contributed by atoms with Gasteiger partial charge in [0.2, 0.25) is 5.91 Å². The summed E-state index contributed by atoms with van der Waals surface area (Å²) in [7, 11) is 2.11. The molecule has 23 heavy (non-hydrogen) atoms. The van der Waals surface area contributed by atoms with E-state index < -0.39 is 0 Å². The minimum absolute atomic E-state index is 0.0145. The molecule has 3 heterocycles. The number of nitrogens with one attached hydrogen (secondary N) is 2. The lowest BCUT2D eigenvalue weighted by Crippen LogP contribution is -2.25. The van der Waals surface area contributed by atoms with E-state index in [9.17, 15) is 4.79 Å². The maximum atomic E-state index is 12.3. The molecule has 5 nitrogen and oxygen atoms in total. The van der Waals surface area contributed by atoms with Gasteiger partial charge in [-0.1, -0.05) is 6.07 Å². The third-order valence-electron chi connectivity index (χ3n) is 4.15. The minimum atomic E-state index is -0.0145. The van der Waals surface area contributed by atoms with Gasteiger partial charge in [-0.05, 0) is 36.2 Å². The van der Waals surface area contributed by atoms with Gasteiger partial charge in [0.15, 0.2) is 5.13 Å². The minimum Gasteiger partial charge on any atom is -0.361 e. The summed E-state index contributed by atoms with van der Waals surface area (Å²) in [5, 5.41) is 4.79. The molecule has 0 saturated heterocycles. The van der Waals surface area contributed by atoms with Crippen molar-refractivity contribution in [3.63, 3.8) is 0 Å². The molecular formula is C17H18N4OS. The number of amides is 1. The van der Waals surface area contributed by atoms with E-state index in [2.05, 4.69) is 27.2 Å². The Hall–Kier alpha value is -2.18. The first-order valence-electron chi connectivity index (χ1n) is 7.70. The molecule has 118 valence electrons. The van der Waals surface area contributed by atoms with Gasteiger partial charge in [0, 0.05) is 36.1 Å². The highest BCUT2D eigenvalue weighted by molar-refractivity contribution is 7.15. The molecule has 3 aromatic rings. The molecular weight excluding hydrogens is 308 g/mol. The SMILES string of the molecule is CN1CCc2nc(NC(=O)Cc3ccc4[nH]ccc4c3)sc2C1. The number of carbonyl (C=O) groups excluding carboxylic acids is 1. The molecule has 1 aliphatic heterocycles. The lowest BCUT2D eigenvalue weighted by atomic mass is 10.1. The second-order valence-electron chi connectivity index (χ2n) is 6.00. The largest absolute Gasteiger partial charge is 0.361 e. The molecule has 1 amide bonds. The molecule has 6 heteroatoms. The summed E-state index contributed by atoms with van der Waals surface area (Å²) in [6.45, 7) is 1.95. The fourth-order valence-corrected chi connectivity index (χ4v) is 4.04. The highest BCUT2D eigenvalue weighted by atomic mass is 32.1. The fourth-order valence-electron chi connectivity index (χ4n) is 2.94. The van der Waals surface area contributed by atoms with Crippen LogP contribution in [0.5, 0.6) is 0 Å². The number of benzene rings is 1. The Morgan fingerprint density at radius 1 is 1.43 bits per heavy atom. The zero-order chi connectivity index (χ0) is 15.8. The van der Waals surface area contributed by atoms with Gasteiger partial charge in [-0.2, -0.15) is 0 Å². The number of anilines is 1. The predicted octanol–water partition coefficient (Wildman–Crippen LogP) is 2.79. The second kappa shape index (κ2) is 5.79. The van der Waals surface area contributed by atoms with Gasteiger partial charge in [-0.15, -0.1) is 11.3 Å². The maximum absolute atomic E-state index is 12.3. The molecule has 0 aliphatic carbocycles. The quantitative estimate of drug-likeness (QED) is 0.778. The van der Waals surface area contributed by atoms with Crippen LogP contribution >= 0.6 is 11.3 Å². The van der Waals surface area contributed by atoms with E-state index in [0.29, 0.717) is 6.42 Å². The number of hydrogen-bond acceptors (Lipinski definition) is 4. The lowest BCUT2D eigenvalue weighted by Gasteiger charge is -2.20. The zero-order valence-electron chi connectivity index (χ0n) is 12.9. The van der Waals surface area contributed by atoms with Gasteiger partial charge in [0.25, 0.3) is 0 Å². The van der Waals surface area contributed by atoms with Crippen LogP contribution in [-0.4, -0.2) is 34.4 Å². The van der Waals surface area contributed by atoms with Gasteiger partial charge >= 0.3 is 0 Å². The monoisotopic (exact) mass is 326 g/mol. The van der Waals surface area contributed by atoms with Gasteiger partial charge < -0.3 is 15.2 Å². The summed E-state index contributed by atoms with van der Waals surface area (Å²) in [4.78, 5) is 23.5. The van der Waals surface area contributed by atoms with Crippen molar-refractivity contribution in [1.29, 1.82) is 0 Å². The van der Waals surface area contributed by atoms with Crippen molar-refractivity contribution in [2.45, 2.75) is 19.4 Å². The molecule has 1 aromatic carbocycles. The van der Waals surface area contributed by atoms with E-state index in [1.54, 1.807) is 11.3 Å². The van der Waals surface area contributed by atoms with Crippen molar-refractivity contribution in [3.8, 4) is 0 Å². The van der Waals surface area contributed by atoms with Crippen molar-refractivity contribution >= 4 is 33.3 Å².